The minimum atomic E-state index is -4.57. The Hall–Kier alpha value is -15.7. The van der Waals surface area contributed by atoms with Gasteiger partial charge in [-0.05, 0) is 194 Å². The van der Waals surface area contributed by atoms with E-state index < -0.39 is 88.2 Å². The Morgan fingerprint density at radius 1 is 0.329 bits per heavy atom. The van der Waals surface area contributed by atoms with Gasteiger partial charge in [-0.3, -0.25) is 24.9 Å². The lowest BCUT2D eigenvalue weighted by Gasteiger charge is -2.28. The zero-order valence-corrected chi connectivity index (χ0v) is 82.1. The van der Waals surface area contributed by atoms with Gasteiger partial charge in [0.1, 0.15) is 92.4 Å². The molecule has 0 radical (unpaired) electrons. The highest BCUT2D eigenvalue weighted by atomic mass is 19.4. The topological polar surface area (TPSA) is 437 Å². The molecule has 149 heavy (non-hydrogen) atoms. The molecule has 1 aliphatic heterocycles. The molecule has 17 rings (SSSR count). The van der Waals surface area contributed by atoms with E-state index in [-0.39, 0.29) is 59.7 Å². The SMILES string of the molecule is CC(C)(O)c1cc(Nc2cc(Oc3cc(C(F)(F)F)nn3C3CNC3)ccn2)ccn1.CC(C)(O)c1cc(Nc2cc(Oc3cc(C4CC4)nn3CC(F)(F)F)ccn2)ccn1.CC(C)n1nc(C(F)(F)F)cc1Oc1ccnc(Nc2ccnc(C(C)(C)O)c2)c1.CCn1nc(C(F)(F)F)cc1Oc1ccnc(Nc2ccnc(C(C)(C)O)c2)c1.Cn1nc(C(F)(F)F)cc1Oc1ccnc(Nc2ccnc(C(C)(C)O)c2)c1. The monoisotopic (exact) mass is 2090 g/mol. The van der Waals surface area contributed by atoms with Crippen LogP contribution in [0, 0.1) is 0 Å². The quantitative estimate of drug-likeness (QED) is 0.0186. The molecule has 2 fully saturated rings. The number of pyridine rings is 10. The summed E-state index contributed by atoms with van der Waals surface area (Å²) in [5.41, 5.74) is -3.42. The maximum Gasteiger partial charge on any atom is 0.435 e. The molecular weight excluding hydrogens is 1990 g/mol. The number of hydrogen-bond donors (Lipinski definition) is 11. The van der Waals surface area contributed by atoms with Crippen LogP contribution in [0.15, 0.2) is 214 Å². The molecule has 0 unspecified atom stereocenters. The summed E-state index contributed by atoms with van der Waals surface area (Å²) in [5, 5.41) is 87.1. The minimum absolute atomic E-state index is 0.00389. The predicted molar refractivity (Wildman–Crippen MR) is 513 cm³/mol. The molecule has 1 aliphatic carbocycles. The molecule has 790 valence electrons. The van der Waals surface area contributed by atoms with Crippen molar-refractivity contribution in [3.8, 4) is 58.1 Å². The van der Waals surface area contributed by atoms with Gasteiger partial charge in [-0.1, -0.05) is 0 Å². The number of anilines is 10. The summed E-state index contributed by atoms with van der Waals surface area (Å²) in [6, 6.07) is 36.8. The van der Waals surface area contributed by atoms with Crippen LogP contribution >= 0.6 is 0 Å². The summed E-state index contributed by atoms with van der Waals surface area (Å²) in [4.78, 5) is 41.6. The lowest BCUT2D eigenvalue weighted by Crippen LogP contribution is -2.44. The zero-order valence-electron chi connectivity index (χ0n) is 82.1. The number of halogens is 15. The molecular formula is C98H103F15N26O10. The van der Waals surface area contributed by atoms with E-state index in [0.29, 0.717) is 128 Å². The number of aliphatic hydroxyl groups is 5. The number of aromatic nitrogens is 20. The summed E-state index contributed by atoms with van der Waals surface area (Å²) in [5.74, 6) is 3.68. The average molecular weight is 2090 g/mol. The first-order valence-electron chi connectivity index (χ1n) is 45.6. The van der Waals surface area contributed by atoms with E-state index in [1.165, 1.54) is 71.7 Å². The Morgan fingerprint density at radius 3 is 0.906 bits per heavy atom. The molecule has 0 spiro atoms. The Morgan fingerprint density at radius 2 is 0.611 bits per heavy atom. The summed E-state index contributed by atoms with van der Waals surface area (Å²) in [7, 11) is 1.36. The molecule has 51 heteroatoms. The second-order valence-corrected chi connectivity index (χ2v) is 36.6. The molecule has 0 bridgehead atoms. The fraction of sp³-hybridized carbons (Fsp3) is 0.337. The van der Waals surface area contributed by atoms with Crippen LogP contribution in [0.5, 0.6) is 58.1 Å². The number of hydrogen-bond acceptors (Lipinski definition) is 31. The number of alkyl halides is 15. The van der Waals surface area contributed by atoms with Gasteiger partial charge in [0, 0.05) is 184 Å². The maximum atomic E-state index is 13.1. The van der Waals surface area contributed by atoms with Crippen molar-refractivity contribution in [2.45, 2.75) is 193 Å². The van der Waals surface area contributed by atoms with Crippen LogP contribution in [0.1, 0.15) is 178 Å². The van der Waals surface area contributed by atoms with Crippen molar-refractivity contribution in [1.29, 1.82) is 0 Å². The Balaban J connectivity index is 0.000000155. The largest absolute Gasteiger partial charge is 0.439 e. The first-order valence-corrected chi connectivity index (χ1v) is 45.6. The van der Waals surface area contributed by atoms with Crippen LogP contribution in [-0.2, 0) is 72.8 Å². The van der Waals surface area contributed by atoms with Gasteiger partial charge in [0.15, 0.2) is 22.8 Å². The number of nitrogens with one attached hydrogen (secondary N) is 6. The van der Waals surface area contributed by atoms with Crippen LogP contribution < -0.4 is 55.6 Å². The third-order valence-electron chi connectivity index (χ3n) is 21.2. The highest BCUT2D eigenvalue weighted by molar-refractivity contribution is 5.63. The third-order valence-corrected chi connectivity index (χ3v) is 21.2. The van der Waals surface area contributed by atoms with Gasteiger partial charge in [-0.2, -0.15) is 91.3 Å². The van der Waals surface area contributed by atoms with Crippen LogP contribution in [0.2, 0.25) is 0 Å². The number of ether oxygens (including phenoxy) is 5. The maximum absolute atomic E-state index is 13.1. The van der Waals surface area contributed by atoms with E-state index in [9.17, 15) is 91.4 Å². The number of aryl methyl sites for hydroxylation is 2. The van der Waals surface area contributed by atoms with Gasteiger partial charge in [0.05, 0.1) is 46.2 Å². The second-order valence-electron chi connectivity index (χ2n) is 36.6. The molecule has 1 saturated heterocycles. The molecule has 16 heterocycles. The normalized spacial score (nSPS) is 13.2. The van der Waals surface area contributed by atoms with Crippen LogP contribution in [-0.4, -0.2) is 144 Å². The molecule has 0 amide bonds. The van der Waals surface area contributed by atoms with Crippen molar-refractivity contribution < 1.29 is 115 Å². The first-order chi connectivity index (χ1) is 69.7. The van der Waals surface area contributed by atoms with E-state index in [2.05, 4.69) is 107 Å². The predicted octanol–water partition coefficient (Wildman–Crippen LogP) is 22.0. The lowest BCUT2D eigenvalue weighted by molar-refractivity contribution is -0.143. The Labute approximate surface area is 841 Å². The van der Waals surface area contributed by atoms with Crippen molar-refractivity contribution in [3.63, 3.8) is 0 Å². The molecule has 1 saturated carbocycles. The van der Waals surface area contributed by atoms with Crippen molar-refractivity contribution in [3.05, 3.63) is 271 Å². The molecule has 36 nitrogen and oxygen atoms in total. The second kappa shape index (κ2) is 44.9. The van der Waals surface area contributed by atoms with Crippen LogP contribution in [0.3, 0.4) is 0 Å². The summed E-state index contributed by atoms with van der Waals surface area (Å²) in [6.45, 7) is 21.4. The molecule has 2 aliphatic rings. The molecule has 0 atom stereocenters. The molecule has 15 aromatic heterocycles. The molecule has 15 aromatic rings. The van der Waals surface area contributed by atoms with E-state index >= 15 is 0 Å². The zero-order chi connectivity index (χ0) is 108. The summed E-state index contributed by atoms with van der Waals surface area (Å²) in [6.07, 6.45) is -5.68. The smallest absolute Gasteiger partial charge is 0.435 e. The molecule has 0 aromatic carbocycles. The van der Waals surface area contributed by atoms with Crippen molar-refractivity contribution >= 4 is 57.5 Å². The van der Waals surface area contributed by atoms with Crippen molar-refractivity contribution in [1.82, 2.24) is 104 Å². The standard InChI is InChI=1S/C21H22F3N5O2.C20H21F3N6O2.C20H22F3N5O2.C19H20F3N5O2.C18H18F3N5O2/c1-20(2,30)17-9-14(5-7-25-17)27-18-10-15(6-8-26-18)31-19-11-16(13-3-4-13)28-29(19)12-21(22,23)24;1-19(2,30)15-7-12(3-5-25-15)27-17-8-14(4-6-26-17)31-18-9-16(20(21,22)23)28-29(18)13-10-24-11-13;1-12(2)28-18(11-16(27-28)20(21,22)23)30-14-6-8-25-17(10-14)26-13-5-7-24-15(9-13)19(3,4)29;1-4-27-17(11-15(26-27)19(20,21)22)29-13-6-8-24-16(10-13)25-12-5-7-23-14(9-12)18(2,3)28;1-17(2,27)13-8-11(4-6-22-13)24-15-9-12(5-7-23-15)28-16-10-14(18(19,20)21)25-26(16)3/h5-11,13,30H,3-4,12H2,1-2H3,(H,25,26,27);3-9,13,24,30H,10-11H2,1-2H3,(H,25,26,27);5-12,29H,1-4H3,(H,24,25,26);5-11,28H,4H2,1-3H3,(H,23,24,25);4-10,27H,1-3H3,(H,22,23,24). The van der Waals surface area contributed by atoms with Gasteiger partial charge >= 0.3 is 30.9 Å². The van der Waals surface area contributed by atoms with Crippen molar-refractivity contribution in [2.75, 3.05) is 39.7 Å². The van der Waals surface area contributed by atoms with E-state index in [0.717, 1.165) is 51.2 Å². The highest BCUT2D eigenvalue weighted by Crippen LogP contribution is 2.45. The van der Waals surface area contributed by atoms with E-state index in [1.54, 1.807) is 224 Å². The fourth-order valence-corrected chi connectivity index (χ4v) is 13.4. The van der Waals surface area contributed by atoms with Gasteiger partial charge in [0.2, 0.25) is 29.4 Å². The molecule has 11 N–H and O–H groups in total. The highest BCUT2D eigenvalue weighted by Gasteiger charge is 2.41. The average Bonchev–Trinajstić information content (AvgIpc) is 1.70. The van der Waals surface area contributed by atoms with Crippen molar-refractivity contribution in [2.24, 2.45) is 7.05 Å². The van der Waals surface area contributed by atoms with Crippen LogP contribution in [0.4, 0.5) is 123 Å². The fourth-order valence-electron chi connectivity index (χ4n) is 13.4. The Kier molecular flexibility index (Phi) is 33.3. The van der Waals surface area contributed by atoms with E-state index in [1.807, 2.05) is 0 Å². The van der Waals surface area contributed by atoms with E-state index in [4.69, 9.17) is 23.7 Å². The van der Waals surface area contributed by atoms with Gasteiger partial charge in [0.25, 0.3) is 0 Å². The number of nitrogens with zero attached hydrogens (tertiary/aromatic N) is 20. The third kappa shape index (κ3) is 31.7. The lowest BCUT2D eigenvalue weighted by atomic mass is 10.0. The minimum Gasteiger partial charge on any atom is -0.439 e. The number of rotatable bonds is 30. The summed E-state index contributed by atoms with van der Waals surface area (Å²) >= 11 is 0. The Bertz CT molecular complexity index is 7070. The first kappa shape index (κ1) is 110. The summed E-state index contributed by atoms with van der Waals surface area (Å²) < 4.78 is 228. The van der Waals surface area contributed by atoms with Gasteiger partial charge < -0.3 is 81.1 Å². The van der Waals surface area contributed by atoms with Crippen LogP contribution in [0.25, 0.3) is 0 Å². The van der Waals surface area contributed by atoms with Gasteiger partial charge in [-0.25, -0.2) is 48.3 Å². The van der Waals surface area contributed by atoms with Gasteiger partial charge in [-0.15, -0.1) is 0 Å².